The van der Waals surface area contributed by atoms with E-state index in [0.29, 0.717) is 23.9 Å². The molecule has 3 aromatic rings. The summed E-state index contributed by atoms with van der Waals surface area (Å²) in [6.45, 7) is 3.60. The molecule has 0 aliphatic heterocycles. The third-order valence-corrected chi connectivity index (χ3v) is 4.05. The van der Waals surface area contributed by atoms with Crippen molar-refractivity contribution in [2.75, 3.05) is 22.5 Å². The van der Waals surface area contributed by atoms with E-state index >= 15 is 0 Å². The average Bonchev–Trinajstić information content (AvgIpc) is 2.69. The molecule has 0 bridgehead atoms. The number of nitrogens with zero attached hydrogens (tertiary/aromatic N) is 4. The number of hydrogen-bond donors (Lipinski definition) is 2. The summed E-state index contributed by atoms with van der Waals surface area (Å²) in [7, 11) is 0. The van der Waals surface area contributed by atoms with Crippen LogP contribution in [0.3, 0.4) is 0 Å². The molecule has 3 N–H and O–H groups in total. The van der Waals surface area contributed by atoms with Crippen LogP contribution in [-0.2, 0) is 6.54 Å². The molecule has 1 aromatic carbocycles. The van der Waals surface area contributed by atoms with Crippen LogP contribution in [0.15, 0.2) is 61.1 Å². The lowest BCUT2D eigenvalue weighted by Crippen LogP contribution is -2.21. The molecule has 0 saturated heterocycles. The first kappa shape index (κ1) is 17.7. The smallest absolute Gasteiger partial charge is 0.163 e. The molecule has 0 unspecified atom stereocenters. The second kappa shape index (κ2) is 8.80. The summed E-state index contributed by atoms with van der Waals surface area (Å²) >= 11 is 0. The van der Waals surface area contributed by atoms with Gasteiger partial charge in [-0.1, -0.05) is 49.7 Å². The molecule has 3 rings (SSSR count). The molecular formula is C20H24N6. The van der Waals surface area contributed by atoms with Gasteiger partial charge in [-0.15, -0.1) is 0 Å². The zero-order valence-corrected chi connectivity index (χ0v) is 15.0. The van der Waals surface area contributed by atoms with Gasteiger partial charge in [0.15, 0.2) is 11.6 Å². The summed E-state index contributed by atoms with van der Waals surface area (Å²) in [5.41, 5.74) is 8.08. The van der Waals surface area contributed by atoms with Gasteiger partial charge in [0.05, 0.1) is 6.54 Å². The van der Waals surface area contributed by atoms with Crippen LogP contribution in [0, 0.1) is 0 Å². The molecule has 0 aliphatic rings. The topological polar surface area (TPSA) is 80.0 Å². The number of rotatable bonds is 8. The van der Waals surface area contributed by atoms with Crippen LogP contribution in [-0.4, -0.2) is 21.5 Å². The Bertz CT molecular complexity index is 807. The van der Waals surface area contributed by atoms with Crippen molar-refractivity contribution in [3.8, 4) is 0 Å². The van der Waals surface area contributed by atoms with Gasteiger partial charge in [0.1, 0.15) is 17.8 Å². The molecule has 26 heavy (non-hydrogen) atoms. The molecule has 0 amide bonds. The van der Waals surface area contributed by atoms with E-state index in [2.05, 4.69) is 39.3 Å². The van der Waals surface area contributed by atoms with Crippen LogP contribution in [0.1, 0.15) is 25.3 Å². The zero-order chi connectivity index (χ0) is 18.2. The summed E-state index contributed by atoms with van der Waals surface area (Å²) in [5.74, 6) is 2.11. The van der Waals surface area contributed by atoms with Gasteiger partial charge in [-0.05, 0) is 24.1 Å². The molecule has 0 radical (unpaired) electrons. The van der Waals surface area contributed by atoms with Crippen LogP contribution < -0.4 is 16.0 Å². The number of pyridine rings is 1. The van der Waals surface area contributed by atoms with E-state index in [9.17, 15) is 0 Å². The number of unbranched alkanes of at least 4 members (excludes halogenated alkanes) is 1. The third-order valence-electron chi connectivity index (χ3n) is 4.05. The number of nitrogens with two attached hydrogens (primary N) is 1. The van der Waals surface area contributed by atoms with Crippen molar-refractivity contribution in [2.24, 2.45) is 0 Å². The second-order valence-corrected chi connectivity index (χ2v) is 6.00. The standard InChI is InChI=1S/C20H24N6/c1-2-3-12-23-19-18(21)20(25-15-24-19)26(17-11-7-8-13-22-17)14-16-9-5-4-6-10-16/h4-11,13,15H,2-3,12,14,21H2,1H3,(H,23,24,25). The van der Waals surface area contributed by atoms with Crippen molar-refractivity contribution in [3.63, 3.8) is 0 Å². The number of hydrogen-bond acceptors (Lipinski definition) is 6. The summed E-state index contributed by atoms with van der Waals surface area (Å²) in [6, 6.07) is 16.0. The van der Waals surface area contributed by atoms with Gasteiger partial charge in [-0.2, -0.15) is 0 Å². The summed E-state index contributed by atoms with van der Waals surface area (Å²) in [4.78, 5) is 15.2. The minimum Gasteiger partial charge on any atom is -0.393 e. The molecule has 0 spiro atoms. The van der Waals surface area contributed by atoms with Gasteiger partial charge in [0.2, 0.25) is 0 Å². The second-order valence-electron chi connectivity index (χ2n) is 6.00. The van der Waals surface area contributed by atoms with Gasteiger partial charge in [0.25, 0.3) is 0 Å². The highest BCUT2D eigenvalue weighted by Crippen LogP contribution is 2.32. The van der Waals surface area contributed by atoms with Gasteiger partial charge in [-0.3, -0.25) is 0 Å². The fourth-order valence-corrected chi connectivity index (χ4v) is 2.67. The van der Waals surface area contributed by atoms with Crippen molar-refractivity contribution in [1.29, 1.82) is 0 Å². The number of nitrogen functional groups attached to an aromatic ring is 1. The minimum atomic E-state index is 0.533. The molecule has 2 aromatic heterocycles. The third kappa shape index (κ3) is 4.27. The maximum Gasteiger partial charge on any atom is 0.163 e. The Balaban J connectivity index is 1.95. The SMILES string of the molecule is CCCCNc1ncnc(N(Cc2ccccc2)c2ccccn2)c1N. The average molecular weight is 348 g/mol. The van der Waals surface area contributed by atoms with E-state index in [1.54, 1.807) is 12.5 Å². The maximum atomic E-state index is 6.40. The van der Waals surface area contributed by atoms with Crippen molar-refractivity contribution in [3.05, 3.63) is 66.6 Å². The van der Waals surface area contributed by atoms with Crippen LogP contribution in [0.25, 0.3) is 0 Å². The molecule has 134 valence electrons. The first-order chi connectivity index (χ1) is 12.8. The summed E-state index contributed by atoms with van der Waals surface area (Å²) < 4.78 is 0. The predicted molar refractivity (Wildman–Crippen MR) is 106 cm³/mol. The van der Waals surface area contributed by atoms with Gasteiger partial charge < -0.3 is 16.0 Å². The first-order valence-corrected chi connectivity index (χ1v) is 8.86. The molecule has 0 atom stereocenters. The van der Waals surface area contributed by atoms with Crippen molar-refractivity contribution in [1.82, 2.24) is 15.0 Å². The number of aromatic nitrogens is 3. The molecule has 6 nitrogen and oxygen atoms in total. The molecular weight excluding hydrogens is 324 g/mol. The van der Waals surface area contributed by atoms with E-state index in [0.717, 1.165) is 30.8 Å². The fourth-order valence-electron chi connectivity index (χ4n) is 2.67. The number of nitrogens with one attached hydrogen (secondary N) is 1. The Labute approximate surface area is 154 Å². The largest absolute Gasteiger partial charge is 0.393 e. The Morgan fingerprint density at radius 3 is 2.54 bits per heavy atom. The lowest BCUT2D eigenvalue weighted by molar-refractivity contribution is 0.830. The normalized spacial score (nSPS) is 10.5. The number of benzene rings is 1. The van der Waals surface area contributed by atoms with E-state index in [1.807, 2.05) is 41.3 Å². The quantitative estimate of drug-likeness (QED) is 0.599. The maximum absolute atomic E-state index is 6.40. The molecule has 0 fully saturated rings. The lowest BCUT2D eigenvalue weighted by atomic mass is 10.2. The minimum absolute atomic E-state index is 0.533. The summed E-state index contributed by atoms with van der Waals surface area (Å²) in [5, 5.41) is 3.30. The highest BCUT2D eigenvalue weighted by molar-refractivity contribution is 5.78. The summed E-state index contributed by atoms with van der Waals surface area (Å²) in [6.07, 6.45) is 5.48. The molecule has 0 saturated carbocycles. The highest BCUT2D eigenvalue weighted by atomic mass is 15.3. The highest BCUT2D eigenvalue weighted by Gasteiger charge is 2.18. The van der Waals surface area contributed by atoms with Crippen LogP contribution in [0.4, 0.5) is 23.1 Å². The predicted octanol–water partition coefficient (Wildman–Crippen LogP) is 4.00. The van der Waals surface area contributed by atoms with E-state index in [4.69, 9.17) is 5.73 Å². The van der Waals surface area contributed by atoms with Crippen molar-refractivity contribution < 1.29 is 0 Å². The van der Waals surface area contributed by atoms with Crippen LogP contribution in [0.2, 0.25) is 0 Å². The van der Waals surface area contributed by atoms with Crippen LogP contribution >= 0.6 is 0 Å². The van der Waals surface area contributed by atoms with Crippen molar-refractivity contribution >= 4 is 23.1 Å². The van der Waals surface area contributed by atoms with Gasteiger partial charge in [-0.25, -0.2) is 15.0 Å². The van der Waals surface area contributed by atoms with Gasteiger partial charge in [0, 0.05) is 12.7 Å². The molecule has 0 aliphatic carbocycles. The fraction of sp³-hybridized carbons (Fsp3) is 0.250. The molecule has 2 heterocycles. The Morgan fingerprint density at radius 1 is 1.00 bits per heavy atom. The van der Waals surface area contributed by atoms with E-state index in [-0.39, 0.29) is 0 Å². The Kier molecular flexibility index (Phi) is 5.98. The molecule has 6 heteroatoms. The van der Waals surface area contributed by atoms with Gasteiger partial charge >= 0.3 is 0 Å². The monoisotopic (exact) mass is 348 g/mol. The number of anilines is 4. The van der Waals surface area contributed by atoms with Crippen molar-refractivity contribution in [2.45, 2.75) is 26.3 Å². The first-order valence-electron chi connectivity index (χ1n) is 8.86. The van der Waals surface area contributed by atoms with Crippen LogP contribution in [0.5, 0.6) is 0 Å². The zero-order valence-electron chi connectivity index (χ0n) is 15.0. The van der Waals surface area contributed by atoms with E-state index < -0.39 is 0 Å². The Morgan fingerprint density at radius 2 is 1.81 bits per heavy atom. The lowest BCUT2D eigenvalue weighted by Gasteiger charge is -2.24. The van der Waals surface area contributed by atoms with E-state index in [1.165, 1.54) is 0 Å². The Hall–Kier alpha value is -3.15.